The van der Waals surface area contributed by atoms with Gasteiger partial charge in [-0.15, -0.1) is 0 Å². The summed E-state index contributed by atoms with van der Waals surface area (Å²) in [7, 11) is 0. The fourth-order valence-corrected chi connectivity index (χ4v) is 0.793. The Morgan fingerprint density at radius 2 is 2.33 bits per heavy atom. The first-order chi connectivity index (χ1) is 5.74. The molecule has 1 aromatic rings. The van der Waals surface area contributed by atoms with Crippen molar-refractivity contribution in [3.8, 4) is 5.75 Å². The lowest BCUT2D eigenvalue weighted by Crippen LogP contribution is -2.02. The van der Waals surface area contributed by atoms with E-state index in [2.05, 4.69) is 17.4 Å². The molecule has 1 rings (SSSR count). The van der Waals surface area contributed by atoms with Gasteiger partial charge in [0.2, 0.25) is 0 Å². The predicted molar refractivity (Wildman–Crippen MR) is 42.0 cm³/mol. The Morgan fingerprint density at radius 1 is 1.58 bits per heavy atom. The third-order valence-corrected chi connectivity index (χ3v) is 1.27. The molecule has 0 saturated carbocycles. The molecule has 0 aliphatic rings. The topological polar surface area (TPSA) is 9.23 Å². The smallest absolute Gasteiger partial charge is 0.387 e. The van der Waals surface area contributed by atoms with E-state index in [4.69, 9.17) is 0 Å². The Labute approximate surface area is 69.3 Å². The van der Waals surface area contributed by atoms with E-state index in [1.165, 1.54) is 12.1 Å². The third-order valence-electron chi connectivity index (χ3n) is 1.27. The number of halogens is 2. The van der Waals surface area contributed by atoms with Crippen LogP contribution in [0.4, 0.5) is 8.78 Å². The summed E-state index contributed by atoms with van der Waals surface area (Å²) < 4.78 is 27.7. The highest BCUT2D eigenvalue weighted by Gasteiger charge is 2.06. The molecule has 0 aliphatic heterocycles. The van der Waals surface area contributed by atoms with Crippen molar-refractivity contribution in [1.82, 2.24) is 0 Å². The fourth-order valence-electron chi connectivity index (χ4n) is 0.793. The van der Waals surface area contributed by atoms with Crippen LogP contribution in [0.15, 0.2) is 24.8 Å². The molecule has 63 valence electrons. The molecule has 1 aromatic carbocycles. The minimum absolute atomic E-state index is 0.0995. The van der Waals surface area contributed by atoms with Crippen LogP contribution < -0.4 is 4.74 Å². The molecule has 0 heterocycles. The molecule has 0 aliphatic carbocycles. The maximum atomic E-state index is 11.8. The molecule has 0 atom stereocenters. The first-order valence-corrected chi connectivity index (χ1v) is 3.32. The standard InChI is InChI=1S/C9H7F2O/c1-2-7-5-3-4-6-8(7)12-9(10)11/h2-4,6,9H,1H2. The molecule has 0 fully saturated rings. The molecule has 0 N–H and O–H groups in total. The lowest BCUT2D eigenvalue weighted by Gasteiger charge is -2.06. The Hall–Kier alpha value is -1.38. The lowest BCUT2D eigenvalue weighted by atomic mass is 10.2. The number of ether oxygens (including phenoxy) is 1. The van der Waals surface area contributed by atoms with E-state index in [1.807, 2.05) is 0 Å². The normalized spacial score (nSPS) is 9.92. The summed E-state index contributed by atoms with van der Waals surface area (Å²) in [6, 6.07) is 7.34. The first-order valence-electron chi connectivity index (χ1n) is 3.32. The molecule has 0 bridgehead atoms. The zero-order chi connectivity index (χ0) is 8.97. The summed E-state index contributed by atoms with van der Waals surface area (Å²) in [6.45, 7) is 0.637. The zero-order valence-electron chi connectivity index (χ0n) is 6.26. The maximum absolute atomic E-state index is 11.8. The second kappa shape index (κ2) is 3.85. The highest BCUT2D eigenvalue weighted by molar-refractivity contribution is 5.54. The summed E-state index contributed by atoms with van der Waals surface area (Å²) >= 11 is 0. The highest BCUT2D eigenvalue weighted by Crippen LogP contribution is 2.20. The van der Waals surface area contributed by atoms with Crippen LogP contribution in [0.25, 0.3) is 6.08 Å². The van der Waals surface area contributed by atoms with Crippen LogP contribution in [-0.4, -0.2) is 6.61 Å². The minimum atomic E-state index is -2.81. The molecular weight excluding hydrogens is 162 g/mol. The largest absolute Gasteiger partial charge is 0.434 e. The lowest BCUT2D eigenvalue weighted by molar-refractivity contribution is -0.0499. The summed E-state index contributed by atoms with van der Waals surface area (Å²) in [5.74, 6) is 0.0995. The van der Waals surface area contributed by atoms with Gasteiger partial charge in [0.1, 0.15) is 5.75 Å². The van der Waals surface area contributed by atoms with Gasteiger partial charge in [0.25, 0.3) is 0 Å². The number of alkyl halides is 2. The van der Waals surface area contributed by atoms with E-state index in [9.17, 15) is 8.78 Å². The van der Waals surface area contributed by atoms with Gasteiger partial charge in [0.05, 0.1) is 0 Å². The predicted octanol–water partition coefficient (Wildman–Crippen LogP) is 2.73. The van der Waals surface area contributed by atoms with Gasteiger partial charge >= 0.3 is 6.61 Å². The number of hydrogen-bond acceptors (Lipinski definition) is 1. The fraction of sp³-hybridized carbons (Fsp3) is 0.111. The van der Waals surface area contributed by atoms with E-state index >= 15 is 0 Å². The Morgan fingerprint density at radius 3 is 2.92 bits per heavy atom. The van der Waals surface area contributed by atoms with Crippen molar-refractivity contribution in [2.24, 2.45) is 0 Å². The van der Waals surface area contributed by atoms with Crippen molar-refractivity contribution < 1.29 is 13.5 Å². The molecule has 12 heavy (non-hydrogen) atoms. The van der Waals surface area contributed by atoms with Gasteiger partial charge in [0.15, 0.2) is 0 Å². The van der Waals surface area contributed by atoms with Crippen LogP contribution in [0, 0.1) is 6.07 Å². The van der Waals surface area contributed by atoms with E-state index < -0.39 is 6.61 Å². The minimum Gasteiger partial charge on any atom is -0.434 e. The summed E-state index contributed by atoms with van der Waals surface area (Å²) in [5.41, 5.74) is 0.442. The Bertz CT molecular complexity index is 271. The Kier molecular flexibility index (Phi) is 2.80. The van der Waals surface area contributed by atoms with Gasteiger partial charge < -0.3 is 4.74 Å². The van der Waals surface area contributed by atoms with E-state index in [-0.39, 0.29) is 5.75 Å². The van der Waals surface area contributed by atoms with Gasteiger partial charge in [-0.2, -0.15) is 8.78 Å². The first kappa shape index (κ1) is 8.71. The maximum Gasteiger partial charge on any atom is 0.387 e. The summed E-state index contributed by atoms with van der Waals surface area (Å²) in [5, 5.41) is 0. The van der Waals surface area contributed by atoms with E-state index in [1.54, 1.807) is 12.1 Å². The zero-order valence-corrected chi connectivity index (χ0v) is 6.26. The van der Waals surface area contributed by atoms with Crippen molar-refractivity contribution in [2.75, 3.05) is 0 Å². The van der Waals surface area contributed by atoms with Gasteiger partial charge in [0, 0.05) is 5.56 Å². The van der Waals surface area contributed by atoms with Crippen molar-refractivity contribution in [1.29, 1.82) is 0 Å². The van der Waals surface area contributed by atoms with Crippen LogP contribution in [0.3, 0.4) is 0 Å². The summed E-state index contributed by atoms with van der Waals surface area (Å²) in [4.78, 5) is 0. The van der Waals surface area contributed by atoms with E-state index in [0.717, 1.165) is 0 Å². The molecule has 0 amide bonds. The molecular formula is C9H7F2O. The highest BCUT2D eigenvalue weighted by atomic mass is 19.3. The van der Waals surface area contributed by atoms with Crippen LogP contribution in [-0.2, 0) is 0 Å². The number of hydrogen-bond donors (Lipinski definition) is 0. The third kappa shape index (κ3) is 2.05. The molecule has 0 saturated heterocycles. The number of benzene rings is 1. The molecule has 0 unspecified atom stereocenters. The SMILES string of the molecule is C=Cc1[c]cccc1OC(F)F. The quantitative estimate of drug-likeness (QED) is 0.676. The molecule has 0 aromatic heterocycles. The van der Waals surface area contributed by atoms with Gasteiger partial charge in [-0.25, -0.2) is 0 Å². The second-order valence-corrected chi connectivity index (χ2v) is 2.03. The number of rotatable bonds is 3. The summed E-state index contributed by atoms with van der Waals surface area (Å²) in [6.07, 6.45) is 1.41. The van der Waals surface area contributed by atoms with Crippen LogP contribution in [0.2, 0.25) is 0 Å². The molecule has 3 heteroatoms. The van der Waals surface area contributed by atoms with Gasteiger partial charge in [-0.1, -0.05) is 24.8 Å². The average molecular weight is 169 g/mol. The van der Waals surface area contributed by atoms with Crippen molar-refractivity contribution in [3.63, 3.8) is 0 Å². The molecule has 1 nitrogen and oxygen atoms in total. The van der Waals surface area contributed by atoms with E-state index in [0.29, 0.717) is 5.56 Å². The molecule has 1 radical (unpaired) electrons. The second-order valence-electron chi connectivity index (χ2n) is 2.03. The Balaban J connectivity index is 2.89. The van der Waals surface area contributed by atoms with Gasteiger partial charge in [-0.05, 0) is 12.1 Å². The monoisotopic (exact) mass is 169 g/mol. The average Bonchev–Trinajstić information content (AvgIpc) is 2.04. The van der Waals surface area contributed by atoms with Crippen molar-refractivity contribution >= 4 is 6.08 Å². The van der Waals surface area contributed by atoms with Crippen LogP contribution in [0.1, 0.15) is 5.56 Å². The van der Waals surface area contributed by atoms with Crippen LogP contribution in [0.5, 0.6) is 5.75 Å². The van der Waals surface area contributed by atoms with Crippen molar-refractivity contribution in [3.05, 3.63) is 36.4 Å². The van der Waals surface area contributed by atoms with Crippen LogP contribution >= 0.6 is 0 Å². The molecule has 0 spiro atoms. The van der Waals surface area contributed by atoms with Gasteiger partial charge in [-0.3, -0.25) is 0 Å². The van der Waals surface area contributed by atoms with Crippen molar-refractivity contribution in [2.45, 2.75) is 6.61 Å².